The van der Waals surface area contributed by atoms with Gasteiger partial charge in [0.2, 0.25) is 0 Å². The second-order valence-corrected chi connectivity index (χ2v) is 6.56. The van der Waals surface area contributed by atoms with E-state index in [2.05, 4.69) is 10.6 Å². The maximum atomic E-state index is 12.8. The fourth-order valence-corrected chi connectivity index (χ4v) is 3.23. The molecule has 0 aromatic heterocycles. The number of hydrogen-bond donors (Lipinski definition) is 2. The Bertz CT molecular complexity index is 924. The van der Waals surface area contributed by atoms with Crippen LogP contribution in [0.15, 0.2) is 59.8 Å². The molecule has 0 bridgehead atoms. The van der Waals surface area contributed by atoms with E-state index in [0.29, 0.717) is 34.8 Å². The van der Waals surface area contributed by atoms with E-state index in [1.807, 2.05) is 30.3 Å². The molecule has 0 fully saturated rings. The highest BCUT2D eigenvalue weighted by Crippen LogP contribution is 2.34. The van der Waals surface area contributed by atoms with Gasteiger partial charge in [0, 0.05) is 12.1 Å². The number of nitrogens with one attached hydrogen (secondary N) is 2. The highest BCUT2D eigenvalue weighted by Gasteiger charge is 2.32. The molecule has 0 saturated carbocycles. The smallest absolute Gasteiger partial charge is 0.338 e. The Morgan fingerprint density at radius 3 is 2.45 bits per heavy atom. The number of carbonyl (C=O) groups excluding carboxylic acids is 2. The number of rotatable bonds is 7. The molecule has 0 radical (unpaired) electrons. The number of ether oxygens (including phenoxy) is 3. The van der Waals surface area contributed by atoms with E-state index in [1.54, 1.807) is 32.2 Å². The quantitative estimate of drug-likeness (QED) is 0.703. The van der Waals surface area contributed by atoms with Gasteiger partial charge in [-0.3, -0.25) is 0 Å². The molecule has 2 N–H and O–H groups in total. The molecule has 2 amide bonds. The van der Waals surface area contributed by atoms with Crippen molar-refractivity contribution in [2.24, 2.45) is 0 Å². The standard InChI is InChI=1S/C22H24N2O5/c1-14-19(21(25)29-12-11-15-7-5-4-6-8-15)20(24-22(26)23-14)16-9-10-17(27-2)18(13-16)28-3/h4-10,13,20H,11-12H2,1-3H3,(H2,23,24,26)/t20-/m0/s1. The van der Waals surface area contributed by atoms with Crippen molar-refractivity contribution in [2.45, 2.75) is 19.4 Å². The van der Waals surface area contributed by atoms with Crippen LogP contribution in [0.1, 0.15) is 24.1 Å². The minimum Gasteiger partial charge on any atom is -0.493 e. The molecule has 2 aromatic rings. The molecule has 0 unspecified atom stereocenters. The van der Waals surface area contributed by atoms with Gasteiger partial charge in [0.05, 0.1) is 32.4 Å². The summed E-state index contributed by atoms with van der Waals surface area (Å²) in [5.74, 6) is 0.585. The minimum absolute atomic E-state index is 0.242. The van der Waals surface area contributed by atoms with Gasteiger partial charge >= 0.3 is 12.0 Å². The molecular formula is C22H24N2O5. The molecule has 152 valence electrons. The number of carbonyl (C=O) groups is 2. The van der Waals surface area contributed by atoms with E-state index in [-0.39, 0.29) is 12.6 Å². The number of hydrogen-bond acceptors (Lipinski definition) is 5. The summed E-state index contributed by atoms with van der Waals surface area (Å²) in [5.41, 5.74) is 2.58. The maximum Gasteiger partial charge on any atom is 0.338 e. The maximum absolute atomic E-state index is 12.8. The van der Waals surface area contributed by atoms with Crippen molar-refractivity contribution >= 4 is 12.0 Å². The Labute approximate surface area is 169 Å². The van der Waals surface area contributed by atoms with E-state index in [9.17, 15) is 9.59 Å². The largest absolute Gasteiger partial charge is 0.493 e. The highest BCUT2D eigenvalue weighted by molar-refractivity contribution is 5.95. The molecule has 1 atom stereocenters. The third-order valence-electron chi connectivity index (χ3n) is 4.70. The first-order chi connectivity index (χ1) is 14.0. The molecule has 0 spiro atoms. The van der Waals surface area contributed by atoms with Crippen molar-refractivity contribution in [1.82, 2.24) is 10.6 Å². The van der Waals surface area contributed by atoms with E-state index >= 15 is 0 Å². The number of benzene rings is 2. The lowest BCUT2D eigenvalue weighted by Crippen LogP contribution is -2.45. The molecule has 2 aromatic carbocycles. The highest BCUT2D eigenvalue weighted by atomic mass is 16.5. The normalized spacial score (nSPS) is 16.0. The van der Waals surface area contributed by atoms with Crippen LogP contribution in [0.3, 0.4) is 0 Å². The van der Waals surface area contributed by atoms with Gasteiger partial charge in [0.25, 0.3) is 0 Å². The van der Waals surface area contributed by atoms with E-state index < -0.39 is 12.0 Å². The van der Waals surface area contributed by atoms with Gasteiger partial charge in [-0.2, -0.15) is 0 Å². The summed E-state index contributed by atoms with van der Waals surface area (Å²) in [6, 6.07) is 14.0. The summed E-state index contributed by atoms with van der Waals surface area (Å²) < 4.78 is 16.1. The lowest BCUT2D eigenvalue weighted by Gasteiger charge is -2.28. The van der Waals surface area contributed by atoms with Crippen LogP contribution in [-0.4, -0.2) is 32.8 Å². The Balaban J connectivity index is 1.81. The average Bonchev–Trinajstić information content (AvgIpc) is 2.73. The SMILES string of the molecule is COc1ccc([C@@H]2NC(=O)NC(C)=C2C(=O)OCCc2ccccc2)cc1OC. The monoisotopic (exact) mass is 396 g/mol. The van der Waals surface area contributed by atoms with E-state index in [0.717, 1.165) is 5.56 Å². The predicted octanol–water partition coefficient (Wildman–Crippen LogP) is 3.12. The third-order valence-corrected chi connectivity index (χ3v) is 4.70. The zero-order valence-corrected chi connectivity index (χ0v) is 16.7. The summed E-state index contributed by atoms with van der Waals surface area (Å²) in [7, 11) is 3.08. The minimum atomic E-state index is -0.659. The predicted molar refractivity (Wildman–Crippen MR) is 108 cm³/mol. The van der Waals surface area contributed by atoms with Crippen molar-refractivity contribution in [3.8, 4) is 11.5 Å². The third kappa shape index (κ3) is 4.68. The van der Waals surface area contributed by atoms with Crippen LogP contribution >= 0.6 is 0 Å². The molecule has 29 heavy (non-hydrogen) atoms. The van der Waals surface area contributed by atoms with Crippen LogP contribution < -0.4 is 20.1 Å². The van der Waals surface area contributed by atoms with E-state index in [1.165, 1.54) is 7.11 Å². The molecule has 3 rings (SSSR count). The first kappa shape index (κ1) is 20.3. The Kier molecular flexibility index (Phi) is 6.39. The molecular weight excluding hydrogens is 372 g/mol. The Morgan fingerprint density at radius 1 is 1.03 bits per heavy atom. The molecule has 1 aliphatic rings. The van der Waals surface area contributed by atoms with Crippen molar-refractivity contribution < 1.29 is 23.8 Å². The van der Waals surface area contributed by atoms with Crippen molar-refractivity contribution in [3.63, 3.8) is 0 Å². The number of allylic oxidation sites excluding steroid dienone is 1. The molecule has 1 aliphatic heterocycles. The van der Waals surface area contributed by atoms with Crippen molar-refractivity contribution in [3.05, 3.63) is 70.9 Å². The topological polar surface area (TPSA) is 85.9 Å². The summed E-state index contributed by atoms with van der Waals surface area (Å²) in [5, 5.41) is 5.43. The van der Waals surface area contributed by atoms with Gasteiger partial charge in [-0.05, 0) is 30.2 Å². The molecule has 0 aliphatic carbocycles. The number of methoxy groups -OCH3 is 2. The van der Waals surface area contributed by atoms with Crippen LogP contribution in [0.5, 0.6) is 11.5 Å². The average molecular weight is 396 g/mol. The first-order valence-corrected chi connectivity index (χ1v) is 9.24. The molecule has 7 heteroatoms. The number of urea groups is 1. The first-order valence-electron chi connectivity index (χ1n) is 9.24. The number of amides is 2. The second kappa shape index (κ2) is 9.14. The van der Waals surface area contributed by atoms with Crippen molar-refractivity contribution in [2.75, 3.05) is 20.8 Å². The van der Waals surface area contributed by atoms with Crippen LogP contribution in [0.4, 0.5) is 4.79 Å². The summed E-state index contributed by atoms with van der Waals surface area (Å²) in [6.45, 7) is 1.92. The summed E-state index contributed by atoms with van der Waals surface area (Å²) >= 11 is 0. The molecule has 1 heterocycles. The van der Waals surface area contributed by atoms with Crippen LogP contribution in [0.25, 0.3) is 0 Å². The zero-order chi connectivity index (χ0) is 20.8. The van der Waals surface area contributed by atoms with Gasteiger partial charge in [-0.25, -0.2) is 9.59 Å². The van der Waals surface area contributed by atoms with Crippen molar-refractivity contribution in [1.29, 1.82) is 0 Å². The summed E-state index contributed by atoms with van der Waals surface area (Å²) in [4.78, 5) is 24.9. The molecule has 7 nitrogen and oxygen atoms in total. The van der Waals surface area contributed by atoms with E-state index in [4.69, 9.17) is 14.2 Å². The Hall–Kier alpha value is -3.48. The molecule has 0 saturated heterocycles. The fraction of sp³-hybridized carbons (Fsp3) is 0.273. The number of esters is 1. The fourth-order valence-electron chi connectivity index (χ4n) is 3.23. The van der Waals surface area contributed by atoms with Gasteiger partial charge in [-0.15, -0.1) is 0 Å². The van der Waals surface area contributed by atoms with Crippen LogP contribution in [-0.2, 0) is 16.0 Å². The van der Waals surface area contributed by atoms with Crippen LogP contribution in [0.2, 0.25) is 0 Å². The summed E-state index contributed by atoms with van der Waals surface area (Å²) in [6.07, 6.45) is 0.611. The van der Waals surface area contributed by atoms with Gasteiger partial charge < -0.3 is 24.8 Å². The zero-order valence-electron chi connectivity index (χ0n) is 16.7. The lowest BCUT2D eigenvalue weighted by molar-refractivity contribution is -0.139. The Morgan fingerprint density at radius 2 is 1.76 bits per heavy atom. The van der Waals surface area contributed by atoms with Gasteiger partial charge in [0.15, 0.2) is 11.5 Å². The second-order valence-electron chi connectivity index (χ2n) is 6.56. The van der Waals surface area contributed by atoms with Gasteiger partial charge in [0.1, 0.15) is 0 Å². The van der Waals surface area contributed by atoms with Crippen LogP contribution in [0, 0.1) is 0 Å². The van der Waals surface area contributed by atoms with Gasteiger partial charge in [-0.1, -0.05) is 36.4 Å². The lowest BCUT2D eigenvalue weighted by atomic mass is 9.95.